The van der Waals surface area contributed by atoms with Crippen molar-refractivity contribution in [2.75, 3.05) is 26.8 Å². The number of likely N-dealkylation sites (tertiary alicyclic amines) is 1. The van der Waals surface area contributed by atoms with Crippen LogP contribution in [0.5, 0.6) is 5.88 Å². The van der Waals surface area contributed by atoms with Crippen LogP contribution in [0, 0.1) is 0 Å². The minimum Gasteiger partial charge on any atom is -0.474 e. The zero-order valence-electron chi connectivity index (χ0n) is 19.4. The number of carbonyl (C=O) groups is 2. The number of piperidine rings is 1. The van der Waals surface area contributed by atoms with Crippen molar-refractivity contribution in [1.29, 1.82) is 0 Å². The highest BCUT2D eigenvalue weighted by Crippen LogP contribution is 2.41. The van der Waals surface area contributed by atoms with E-state index < -0.39 is 55.0 Å². The molecule has 2 aromatic rings. The van der Waals surface area contributed by atoms with Crippen molar-refractivity contribution in [2.24, 2.45) is 0 Å². The summed E-state index contributed by atoms with van der Waals surface area (Å²) >= 11 is 0.750. The Labute approximate surface area is 205 Å². The van der Waals surface area contributed by atoms with Gasteiger partial charge in [0.25, 0.3) is 5.91 Å². The fraction of sp³-hybridized carbons (Fsp3) is 0.571. The van der Waals surface area contributed by atoms with Gasteiger partial charge < -0.3 is 19.7 Å². The molecule has 15 heteroatoms. The Kier molecular flexibility index (Phi) is 7.93. The van der Waals surface area contributed by atoms with Crippen LogP contribution in [0.1, 0.15) is 42.6 Å². The van der Waals surface area contributed by atoms with Crippen molar-refractivity contribution in [3.63, 3.8) is 0 Å². The molecule has 8 nitrogen and oxygen atoms in total. The number of ether oxygens (including phenoxy) is 3. The van der Waals surface area contributed by atoms with Crippen molar-refractivity contribution in [3.8, 4) is 5.88 Å². The van der Waals surface area contributed by atoms with E-state index >= 15 is 0 Å². The van der Waals surface area contributed by atoms with Gasteiger partial charge in [-0.3, -0.25) is 9.53 Å². The van der Waals surface area contributed by atoms with Crippen LogP contribution >= 0.6 is 11.3 Å². The summed E-state index contributed by atoms with van der Waals surface area (Å²) in [6.45, 7) is 1.94. The van der Waals surface area contributed by atoms with Crippen LogP contribution in [0.4, 0.5) is 31.1 Å². The summed E-state index contributed by atoms with van der Waals surface area (Å²) in [6.07, 6.45) is -10.7. The van der Waals surface area contributed by atoms with Gasteiger partial charge in [-0.2, -0.15) is 13.2 Å². The number of rotatable bonds is 6. The lowest BCUT2D eigenvalue weighted by atomic mass is 9.89. The van der Waals surface area contributed by atoms with Crippen LogP contribution in [0.2, 0.25) is 0 Å². The van der Waals surface area contributed by atoms with E-state index in [1.54, 1.807) is 13.8 Å². The van der Waals surface area contributed by atoms with Crippen LogP contribution in [0.25, 0.3) is 10.2 Å². The molecule has 2 aromatic heterocycles. The topological polar surface area (TPSA) is 90.0 Å². The highest BCUT2D eigenvalue weighted by atomic mass is 32.1. The molecule has 200 valence electrons. The van der Waals surface area contributed by atoms with Crippen LogP contribution in [-0.2, 0) is 15.7 Å². The van der Waals surface area contributed by atoms with Crippen molar-refractivity contribution in [3.05, 3.63) is 22.6 Å². The summed E-state index contributed by atoms with van der Waals surface area (Å²) in [5, 5.41) is 3.66. The first kappa shape index (κ1) is 27.8. The zero-order chi connectivity index (χ0) is 26.9. The third-order valence-corrected chi connectivity index (χ3v) is 6.49. The fourth-order valence-corrected chi connectivity index (χ4v) is 4.89. The second-order valence-corrected chi connectivity index (χ2v) is 9.40. The number of fused-ring (bicyclic) bond motifs is 1. The average molecular weight is 543 g/mol. The molecule has 3 rings (SSSR count). The molecule has 0 saturated carbocycles. The second-order valence-electron chi connectivity index (χ2n) is 8.52. The van der Waals surface area contributed by atoms with Crippen LogP contribution < -0.4 is 10.1 Å². The Hall–Kier alpha value is -2.81. The first-order chi connectivity index (χ1) is 16.6. The van der Waals surface area contributed by atoms with Gasteiger partial charge in [0, 0.05) is 43.4 Å². The van der Waals surface area contributed by atoms with Crippen LogP contribution in [0.15, 0.2) is 11.4 Å². The molecule has 0 spiro atoms. The monoisotopic (exact) mass is 543 g/mol. The van der Waals surface area contributed by atoms with Crippen molar-refractivity contribution < 1.29 is 50.1 Å². The molecule has 2 amide bonds. The minimum atomic E-state index is -4.84. The summed E-state index contributed by atoms with van der Waals surface area (Å²) in [4.78, 5) is 29.9. The maximum atomic E-state index is 13.7. The standard InChI is InChI=1S/C21H23F6N3O5S/c1-19(2)9-11(4-5-30(19)18(32)33-6-7-34-21(25,26)27)35-14-8-13(20(22,23)24)16-15(29-14)12(10-36-16)17(31)28-3/h8,10-11H,4-7,9H2,1-3H3,(H,28,31). The summed E-state index contributed by atoms with van der Waals surface area (Å²) in [5.74, 6) is -0.910. The maximum absolute atomic E-state index is 13.7. The number of hydrogen-bond acceptors (Lipinski definition) is 7. The summed E-state index contributed by atoms with van der Waals surface area (Å²) in [6, 6.07) is 0.779. The lowest BCUT2D eigenvalue weighted by Crippen LogP contribution is -2.55. The number of aromatic nitrogens is 1. The van der Waals surface area contributed by atoms with Gasteiger partial charge in [-0.1, -0.05) is 0 Å². The van der Waals surface area contributed by atoms with Crippen LogP contribution in [0.3, 0.4) is 0 Å². The van der Waals surface area contributed by atoms with E-state index in [9.17, 15) is 35.9 Å². The summed E-state index contributed by atoms with van der Waals surface area (Å²) in [7, 11) is 1.35. The molecule has 3 heterocycles. The van der Waals surface area contributed by atoms with E-state index in [-0.39, 0.29) is 41.0 Å². The Bertz CT molecular complexity index is 1120. The third kappa shape index (κ3) is 6.49. The molecule has 0 aromatic carbocycles. The Balaban J connectivity index is 1.74. The maximum Gasteiger partial charge on any atom is 0.522 e. The van der Waals surface area contributed by atoms with Gasteiger partial charge in [-0.05, 0) is 13.8 Å². The molecular formula is C21H23F6N3O5S. The summed E-state index contributed by atoms with van der Waals surface area (Å²) < 4.78 is 91.3. The number of halogens is 6. The normalized spacial score (nSPS) is 18.2. The average Bonchev–Trinajstić information content (AvgIpc) is 3.17. The van der Waals surface area contributed by atoms with E-state index in [1.165, 1.54) is 17.3 Å². The minimum absolute atomic E-state index is 0.0131. The van der Waals surface area contributed by atoms with Gasteiger partial charge in [-0.15, -0.1) is 24.5 Å². The van der Waals surface area contributed by atoms with E-state index in [1.807, 2.05) is 0 Å². The van der Waals surface area contributed by atoms with Crippen molar-refractivity contribution >= 4 is 33.6 Å². The van der Waals surface area contributed by atoms with Crippen LogP contribution in [-0.4, -0.2) is 66.7 Å². The first-order valence-electron chi connectivity index (χ1n) is 10.7. The molecule has 1 saturated heterocycles. The number of hydrogen-bond donors (Lipinski definition) is 1. The largest absolute Gasteiger partial charge is 0.522 e. The number of thiophene rings is 1. The molecule has 1 N–H and O–H groups in total. The molecular weight excluding hydrogens is 520 g/mol. The molecule has 1 aliphatic heterocycles. The van der Waals surface area contributed by atoms with Gasteiger partial charge in [0.1, 0.15) is 12.7 Å². The number of pyridine rings is 1. The van der Waals surface area contributed by atoms with Crippen molar-refractivity contribution in [2.45, 2.75) is 50.9 Å². The molecule has 1 atom stereocenters. The lowest BCUT2D eigenvalue weighted by molar-refractivity contribution is -0.326. The molecule has 0 bridgehead atoms. The molecule has 1 unspecified atom stereocenters. The lowest BCUT2D eigenvalue weighted by Gasteiger charge is -2.44. The van der Waals surface area contributed by atoms with Crippen molar-refractivity contribution in [1.82, 2.24) is 15.2 Å². The second kappa shape index (κ2) is 10.3. The predicted molar refractivity (Wildman–Crippen MR) is 116 cm³/mol. The number of nitrogens with zero attached hydrogens (tertiary/aromatic N) is 2. The number of carbonyl (C=O) groups excluding carboxylic acids is 2. The summed E-state index contributed by atoms with van der Waals surface area (Å²) in [5.41, 5.74) is -2.02. The van der Waals surface area contributed by atoms with E-state index in [4.69, 9.17) is 9.47 Å². The van der Waals surface area contributed by atoms with Gasteiger partial charge in [0.15, 0.2) is 0 Å². The zero-order valence-corrected chi connectivity index (χ0v) is 20.2. The molecule has 36 heavy (non-hydrogen) atoms. The molecule has 1 aliphatic rings. The van der Waals surface area contributed by atoms with Gasteiger partial charge in [0.2, 0.25) is 5.88 Å². The predicted octanol–water partition coefficient (Wildman–Crippen LogP) is 4.97. The fourth-order valence-electron chi connectivity index (χ4n) is 3.87. The first-order valence-corrected chi connectivity index (χ1v) is 11.5. The van der Waals surface area contributed by atoms with Gasteiger partial charge >= 0.3 is 18.6 Å². The number of alkyl halides is 6. The smallest absolute Gasteiger partial charge is 0.474 e. The third-order valence-electron chi connectivity index (χ3n) is 5.49. The van der Waals surface area contributed by atoms with Gasteiger partial charge in [0.05, 0.1) is 28.0 Å². The molecule has 0 aliphatic carbocycles. The van der Waals surface area contributed by atoms with Gasteiger partial charge in [-0.25, -0.2) is 9.78 Å². The number of amides is 2. The van der Waals surface area contributed by atoms with E-state index in [2.05, 4.69) is 15.0 Å². The SMILES string of the molecule is CNC(=O)c1csc2c(C(F)(F)F)cc(OC3CCN(C(=O)OCCOC(F)(F)F)C(C)(C)C3)nc12. The quantitative estimate of drug-likeness (QED) is 0.409. The van der Waals surface area contributed by atoms with E-state index in [0.717, 1.165) is 17.4 Å². The Morgan fingerprint density at radius 2 is 1.92 bits per heavy atom. The molecule has 1 fully saturated rings. The molecule has 0 radical (unpaired) electrons. The Morgan fingerprint density at radius 1 is 1.22 bits per heavy atom. The number of nitrogens with one attached hydrogen (secondary N) is 1. The highest BCUT2D eigenvalue weighted by molar-refractivity contribution is 7.17. The highest BCUT2D eigenvalue weighted by Gasteiger charge is 2.41. The van der Waals surface area contributed by atoms with E-state index in [0.29, 0.717) is 0 Å². The Morgan fingerprint density at radius 3 is 2.50 bits per heavy atom.